The molecule has 1 aliphatic heterocycles. The van der Waals surface area contributed by atoms with Gasteiger partial charge < -0.3 is 38.8 Å². The highest BCUT2D eigenvalue weighted by Gasteiger charge is 2.49. The fourth-order valence-electron chi connectivity index (χ4n) is 6.51. The molecule has 0 spiro atoms. The standard InChI is InChI=1S/C44H67NO11/c1-8-10-12-16-19-27-43(54-31-32-55-43)28-20-17-14-13-15-18-21-36(44(50,29-26-38(46)51-6)41(49)56-42(3,4)5)39(47)45-37(40(48)52-7)33-34-22-24-35(25-23-34)53-30-11-9-2/h18,21-25,36-37,50H,8,10,12-17,19-20,26-33H2,1-7H3,(H,45,47)/b21-18+/t36-,37+,44+/m1/s1. The van der Waals surface area contributed by atoms with Crippen molar-refractivity contribution < 1.29 is 52.7 Å². The summed E-state index contributed by atoms with van der Waals surface area (Å²) in [5, 5.41) is 14.8. The average Bonchev–Trinajstić information content (AvgIpc) is 3.64. The molecule has 1 saturated heterocycles. The van der Waals surface area contributed by atoms with Crippen LogP contribution in [0.25, 0.3) is 0 Å². The van der Waals surface area contributed by atoms with Gasteiger partial charge in [-0.2, -0.15) is 0 Å². The van der Waals surface area contributed by atoms with Crippen molar-refractivity contribution in [3.05, 3.63) is 42.0 Å². The zero-order valence-electron chi connectivity index (χ0n) is 34.9. The average molecular weight is 786 g/mol. The molecule has 0 aliphatic carbocycles. The molecule has 2 rings (SSSR count). The van der Waals surface area contributed by atoms with Gasteiger partial charge in [-0.15, -0.1) is 5.92 Å². The van der Waals surface area contributed by atoms with Crippen LogP contribution in [0.4, 0.5) is 0 Å². The molecule has 56 heavy (non-hydrogen) atoms. The Hall–Kier alpha value is -3.92. The minimum Gasteiger partial charge on any atom is -0.481 e. The Morgan fingerprint density at radius 3 is 2.12 bits per heavy atom. The number of carbonyl (C=O) groups is 4. The summed E-state index contributed by atoms with van der Waals surface area (Å²) in [6.07, 6.45) is 14.3. The quantitative estimate of drug-likeness (QED) is 0.0330. The molecule has 12 nitrogen and oxygen atoms in total. The summed E-state index contributed by atoms with van der Waals surface area (Å²) in [4.78, 5) is 53.1. The van der Waals surface area contributed by atoms with E-state index in [0.717, 1.165) is 44.9 Å². The smallest absolute Gasteiger partial charge is 0.339 e. The number of esters is 3. The third-order valence-corrected chi connectivity index (χ3v) is 9.62. The number of benzene rings is 1. The van der Waals surface area contributed by atoms with Gasteiger partial charge in [0.1, 0.15) is 24.0 Å². The maximum atomic E-state index is 14.2. The first kappa shape index (κ1) is 48.2. The van der Waals surface area contributed by atoms with Crippen LogP contribution in [0.2, 0.25) is 0 Å². The molecule has 1 aromatic carbocycles. The van der Waals surface area contributed by atoms with Crippen LogP contribution in [0.3, 0.4) is 0 Å². The number of hydrogen-bond donors (Lipinski definition) is 2. The predicted octanol–water partition coefficient (Wildman–Crippen LogP) is 6.93. The summed E-state index contributed by atoms with van der Waals surface area (Å²) in [6.45, 7) is 10.3. The van der Waals surface area contributed by atoms with E-state index in [2.05, 4.69) is 24.1 Å². The largest absolute Gasteiger partial charge is 0.481 e. The lowest BCUT2D eigenvalue weighted by Crippen LogP contribution is -2.56. The van der Waals surface area contributed by atoms with E-state index in [1.807, 2.05) is 0 Å². The van der Waals surface area contributed by atoms with Gasteiger partial charge in [-0.1, -0.05) is 75.7 Å². The van der Waals surface area contributed by atoms with Crippen LogP contribution < -0.4 is 10.1 Å². The number of rotatable bonds is 26. The monoisotopic (exact) mass is 785 g/mol. The van der Waals surface area contributed by atoms with Crippen LogP contribution in [0.5, 0.6) is 5.75 Å². The van der Waals surface area contributed by atoms with Crippen LogP contribution in [-0.2, 0) is 49.3 Å². The summed E-state index contributed by atoms with van der Waals surface area (Å²) in [5.41, 5.74) is -2.80. The van der Waals surface area contributed by atoms with Crippen LogP contribution in [0.1, 0.15) is 130 Å². The molecule has 0 radical (unpaired) electrons. The lowest BCUT2D eigenvalue weighted by atomic mass is 9.81. The number of hydrogen-bond acceptors (Lipinski definition) is 11. The van der Waals surface area contributed by atoms with Gasteiger partial charge in [0.25, 0.3) is 0 Å². The van der Waals surface area contributed by atoms with Crippen LogP contribution in [-0.4, -0.2) is 86.0 Å². The van der Waals surface area contributed by atoms with E-state index in [4.69, 9.17) is 28.4 Å². The Kier molecular flexibility index (Phi) is 21.8. The van der Waals surface area contributed by atoms with Crippen molar-refractivity contribution in [1.82, 2.24) is 5.32 Å². The summed E-state index contributed by atoms with van der Waals surface area (Å²) in [6, 6.07) is 5.80. The number of unbranched alkanes of at least 4 members (excludes halogenated alkanes) is 8. The van der Waals surface area contributed by atoms with Crippen molar-refractivity contribution in [3.63, 3.8) is 0 Å². The number of allylic oxidation sites excluding steroid dienone is 1. The van der Waals surface area contributed by atoms with E-state index in [1.165, 1.54) is 46.0 Å². The summed E-state index contributed by atoms with van der Waals surface area (Å²) in [5.74, 6) is 0.875. The maximum absolute atomic E-state index is 14.2. The molecule has 1 amide bonds. The summed E-state index contributed by atoms with van der Waals surface area (Å²) in [7, 11) is 2.40. The lowest BCUT2D eigenvalue weighted by Gasteiger charge is -2.34. The summed E-state index contributed by atoms with van der Waals surface area (Å²) < 4.78 is 33.1. The molecule has 1 fully saturated rings. The van der Waals surface area contributed by atoms with E-state index in [0.29, 0.717) is 30.9 Å². The molecule has 1 aromatic rings. The van der Waals surface area contributed by atoms with E-state index >= 15 is 0 Å². The van der Waals surface area contributed by atoms with Crippen LogP contribution in [0, 0.1) is 17.8 Å². The van der Waals surface area contributed by atoms with Crippen molar-refractivity contribution in [2.45, 2.75) is 154 Å². The highest BCUT2D eigenvalue weighted by atomic mass is 16.7. The first-order chi connectivity index (χ1) is 26.7. The third-order valence-electron chi connectivity index (χ3n) is 9.62. The number of carbonyl (C=O) groups excluding carboxylic acids is 4. The molecule has 1 aliphatic rings. The van der Waals surface area contributed by atoms with Gasteiger partial charge in [0, 0.05) is 25.7 Å². The van der Waals surface area contributed by atoms with Crippen LogP contribution in [0.15, 0.2) is 36.4 Å². The zero-order chi connectivity index (χ0) is 41.5. The van der Waals surface area contributed by atoms with Crippen molar-refractivity contribution in [2.24, 2.45) is 5.92 Å². The molecule has 12 heteroatoms. The first-order valence-electron chi connectivity index (χ1n) is 20.2. The predicted molar refractivity (Wildman–Crippen MR) is 213 cm³/mol. The fourth-order valence-corrected chi connectivity index (χ4v) is 6.51. The summed E-state index contributed by atoms with van der Waals surface area (Å²) >= 11 is 0. The van der Waals surface area contributed by atoms with Gasteiger partial charge in [-0.3, -0.25) is 9.59 Å². The fraction of sp³-hybridized carbons (Fsp3) is 0.682. The second-order valence-electron chi connectivity index (χ2n) is 15.3. The highest BCUT2D eigenvalue weighted by molar-refractivity contribution is 5.93. The molecule has 314 valence electrons. The minimum atomic E-state index is -2.48. The number of nitrogens with one attached hydrogen (secondary N) is 1. The van der Waals surface area contributed by atoms with Crippen molar-refractivity contribution in [2.75, 3.05) is 34.0 Å². The Balaban J connectivity index is 2.22. The van der Waals surface area contributed by atoms with E-state index in [-0.39, 0.29) is 19.4 Å². The van der Waals surface area contributed by atoms with Gasteiger partial charge in [-0.05, 0) is 77.5 Å². The second-order valence-corrected chi connectivity index (χ2v) is 15.3. The van der Waals surface area contributed by atoms with Gasteiger partial charge in [-0.25, -0.2) is 9.59 Å². The number of aliphatic hydroxyl groups is 1. The number of amides is 1. The zero-order valence-corrected chi connectivity index (χ0v) is 34.9. The molecule has 0 saturated carbocycles. The minimum absolute atomic E-state index is 0.0488. The highest BCUT2D eigenvalue weighted by Crippen LogP contribution is 2.33. The van der Waals surface area contributed by atoms with E-state index < -0.39 is 59.2 Å². The van der Waals surface area contributed by atoms with Gasteiger partial charge >= 0.3 is 17.9 Å². The maximum Gasteiger partial charge on any atom is 0.339 e. The molecule has 0 bridgehead atoms. The van der Waals surface area contributed by atoms with Crippen molar-refractivity contribution in [3.8, 4) is 17.6 Å². The number of methoxy groups -OCH3 is 2. The van der Waals surface area contributed by atoms with E-state index in [9.17, 15) is 24.3 Å². The normalized spacial score (nSPS) is 15.9. The Bertz CT molecular complexity index is 1430. The van der Waals surface area contributed by atoms with Gasteiger partial charge in [0.2, 0.25) is 5.91 Å². The first-order valence-corrected chi connectivity index (χ1v) is 20.2. The molecular weight excluding hydrogens is 718 g/mol. The topological polar surface area (TPSA) is 156 Å². The Morgan fingerprint density at radius 2 is 1.55 bits per heavy atom. The SMILES string of the molecule is CC#CCOc1ccc(C[C@H](NC(=O)[C@@H](/C=C/CCCCCCC2(CCCCCCC)OCCO2)[C@@](O)(CCC(=O)OC)C(=O)OC(C)(C)C)C(=O)OC)cc1. The number of ether oxygens (including phenoxy) is 6. The van der Waals surface area contributed by atoms with Crippen LogP contribution >= 0.6 is 0 Å². The van der Waals surface area contributed by atoms with Gasteiger partial charge in [0.05, 0.1) is 33.4 Å². The lowest BCUT2D eigenvalue weighted by molar-refractivity contribution is -0.185. The molecule has 1 heterocycles. The van der Waals surface area contributed by atoms with E-state index in [1.54, 1.807) is 58.0 Å². The molecule has 2 N–H and O–H groups in total. The Labute approximate surface area is 334 Å². The van der Waals surface area contributed by atoms with Crippen molar-refractivity contribution >= 4 is 23.8 Å². The third kappa shape index (κ3) is 17.5. The van der Waals surface area contributed by atoms with Crippen molar-refractivity contribution in [1.29, 1.82) is 0 Å². The Morgan fingerprint density at radius 1 is 0.929 bits per heavy atom. The second kappa shape index (κ2) is 25.4. The molecule has 0 aromatic heterocycles. The van der Waals surface area contributed by atoms with Gasteiger partial charge in [0.15, 0.2) is 11.4 Å². The molecule has 3 atom stereocenters. The molecule has 0 unspecified atom stereocenters. The molecular formula is C44H67NO11.